The van der Waals surface area contributed by atoms with Crippen LogP contribution in [0.2, 0.25) is 5.02 Å². The van der Waals surface area contributed by atoms with Gasteiger partial charge >= 0.3 is 0 Å². The Labute approximate surface area is 88.9 Å². The molecule has 0 saturated carbocycles. The zero-order valence-corrected chi connectivity index (χ0v) is 8.17. The highest BCUT2D eigenvalue weighted by Crippen LogP contribution is 2.24. The number of nitrogens with zero attached hydrogens (tertiary/aromatic N) is 2. The van der Waals surface area contributed by atoms with Gasteiger partial charge in [0.05, 0.1) is 5.52 Å². The molecule has 0 unspecified atom stereocenters. The third-order valence-corrected chi connectivity index (χ3v) is 2.14. The molecule has 2 N–H and O–H groups in total. The van der Waals surface area contributed by atoms with E-state index in [1.165, 1.54) is 6.07 Å². The van der Waals surface area contributed by atoms with Crippen molar-refractivity contribution in [2.45, 2.75) is 6.43 Å². The summed E-state index contributed by atoms with van der Waals surface area (Å²) in [6.07, 6.45) is -2.74. The Hall–Kier alpha value is -1.49. The number of nitrogens with two attached hydrogens (primary N) is 1. The molecule has 78 valence electrons. The fourth-order valence-electron chi connectivity index (χ4n) is 1.24. The van der Waals surface area contributed by atoms with E-state index in [9.17, 15) is 8.78 Å². The van der Waals surface area contributed by atoms with E-state index in [-0.39, 0.29) is 5.82 Å². The molecule has 1 aromatic carbocycles. The summed E-state index contributed by atoms with van der Waals surface area (Å²) in [4.78, 5) is 7.17. The third-order valence-electron chi connectivity index (χ3n) is 1.90. The predicted octanol–water partition coefficient (Wildman–Crippen LogP) is 2.80. The second-order valence-electron chi connectivity index (χ2n) is 2.93. The maximum atomic E-state index is 12.4. The van der Waals surface area contributed by atoms with Gasteiger partial charge in [-0.3, -0.25) is 0 Å². The number of rotatable bonds is 1. The normalized spacial score (nSPS) is 11.2. The number of benzene rings is 1. The van der Waals surface area contributed by atoms with Gasteiger partial charge in [-0.1, -0.05) is 11.6 Å². The molecule has 6 heteroatoms. The molecule has 0 saturated heterocycles. The fraction of sp³-hybridized carbons (Fsp3) is 0.111. The van der Waals surface area contributed by atoms with Gasteiger partial charge < -0.3 is 5.73 Å². The van der Waals surface area contributed by atoms with Crippen LogP contribution in [0.1, 0.15) is 12.2 Å². The molecule has 0 atom stereocenters. The summed E-state index contributed by atoms with van der Waals surface area (Å²) >= 11 is 5.71. The van der Waals surface area contributed by atoms with Crippen LogP contribution >= 0.6 is 11.6 Å². The molecule has 2 rings (SSSR count). The average Bonchev–Trinajstić information content (AvgIpc) is 2.16. The third kappa shape index (κ3) is 1.83. The first kappa shape index (κ1) is 10.0. The van der Waals surface area contributed by atoms with E-state index in [0.717, 1.165) is 0 Å². The van der Waals surface area contributed by atoms with Crippen molar-refractivity contribution in [2.24, 2.45) is 0 Å². The van der Waals surface area contributed by atoms with Crippen molar-refractivity contribution in [2.75, 3.05) is 5.73 Å². The van der Waals surface area contributed by atoms with Crippen molar-refractivity contribution in [3.63, 3.8) is 0 Å². The molecule has 0 aliphatic heterocycles. The van der Waals surface area contributed by atoms with Gasteiger partial charge in [0.1, 0.15) is 5.82 Å². The summed E-state index contributed by atoms with van der Waals surface area (Å²) in [5.74, 6) is -0.547. The molecule has 2 aromatic rings. The Balaban J connectivity index is 2.74. The van der Waals surface area contributed by atoms with Crippen molar-refractivity contribution in [1.82, 2.24) is 9.97 Å². The average molecular weight is 230 g/mol. The molecule has 0 aliphatic carbocycles. The minimum absolute atomic E-state index is 0.0342. The molecule has 3 nitrogen and oxygen atoms in total. The van der Waals surface area contributed by atoms with Gasteiger partial charge in [-0.2, -0.15) is 0 Å². The first-order chi connectivity index (χ1) is 7.08. The molecule has 0 aliphatic rings. The number of alkyl halides is 2. The van der Waals surface area contributed by atoms with E-state index in [1.807, 2.05) is 0 Å². The molecule has 0 radical (unpaired) electrons. The van der Waals surface area contributed by atoms with Crippen molar-refractivity contribution in [3.8, 4) is 0 Å². The number of anilines is 1. The number of hydrogen-bond donors (Lipinski definition) is 1. The van der Waals surface area contributed by atoms with Crippen molar-refractivity contribution in [3.05, 3.63) is 29.0 Å². The molecule has 15 heavy (non-hydrogen) atoms. The maximum absolute atomic E-state index is 12.4. The Kier molecular flexibility index (Phi) is 2.40. The van der Waals surface area contributed by atoms with Crippen LogP contribution in [0, 0.1) is 0 Å². The minimum Gasteiger partial charge on any atom is -0.383 e. The SMILES string of the molecule is Nc1nc(C(F)F)nc2cc(Cl)ccc12. The van der Waals surface area contributed by atoms with Gasteiger partial charge in [0.15, 0.2) is 5.82 Å². The van der Waals surface area contributed by atoms with Crippen LogP contribution in [-0.4, -0.2) is 9.97 Å². The van der Waals surface area contributed by atoms with Crippen molar-refractivity contribution < 1.29 is 8.78 Å². The lowest BCUT2D eigenvalue weighted by molar-refractivity contribution is 0.141. The maximum Gasteiger partial charge on any atom is 0.297 e. The molecular weight excluding hydrogens is 224 g/mol. The molecule has 1 heterocycles. The number of hydrogen-bond acceptors (Lipinski definition) is 3. The Morgan fingerprint density at radius 1 is 1.27 bits per heavy atom. The van der Waals surface area contributed by atoms with E-state index in [2.05, 4.69) is 9.97 Å². The van der Waals surface area contributed by atoms with Gasteiger partial charge in [0.2, 0.25) is 0 Å². The summed E-state index contributed by atoms with van der Waals surface area (Å²) in [7, 11) is 0. The summed E-state index contributed by atoms with van der Waals surface area (Å²) in [5.41, 5.74) is 5.84. The summed E-state index contributed by atoms with van der Waals surface area (Å²) in [6.45, 7) is 0. The second-order valence-corrected chi connectivity index (χ2v) is 3.37. The molecule has 0 spiro atoms. The summed E-state index contributed by atoms with van der Waals surface area (Å²) in [6, 6.07) is 4.68. The highest BCUT2D eigenvalue weighted by Gasteiger charge is 2.13. The zero-order valence-electron chi connectivity index (χ0n) is 7.42. The highest BCUT2D eigenvalue weighted by molar-refractivity contribution is 6.31. The highest BCUT2D eigenvalue weighted by atomic mass is 35.5. The summed E-state index contributed by atoms with van der Waals surface area (Å²) < 4.78 is 24.7. The van der Waals surface area contributed by atoms with Gasteiger partial charge in [-0.25, -0.2) is 18.7 Å². The number of aromatic nitrogens is 2. The van der Waals surface area contributed by atoms with Crippen LogP contribution in [0.4, 0.5) is 14.6 Å². The second kappa shape index (κ2) is 3.58. The first-order valence-electron chi connectivity index (χ1n) is 4.09. The number of nitrogen functional groups attached to an aromatic ring is 1. The van der Waals surface area contributed by atoms with E-state index in [4.69, 9.17) is 17.3 Å². The van der Waals surface area contributed by atoms with Crippen LogP contribution in [0.3, 0.4) is 0 Å². The Bertz CT molecular complexity index is 516. The number of fused-ring (bicyclic) bond motifs is 1. The summed E-state index contributed by atoms with van der Waals surface area (Å²) in [5, 5.41) is 0.935. The lowest BCUT2D eigenvalue weighted by Crippen LogP contribution is -2.01. The molecule has 1 aromatic heterocycles. The Morgan fingerprint density at radius 3 is 2.67 bits per heavy atom. The first-order valence-corrected chi connectivity index (χ1v) is 4.46. The quantitative estimate of drug-likeness (QED) is 0.818. The van der Waals surface area contributed by atoms with Gasteiger partial charge in [-0.05, 0) is 18.2 Å². The van der Waals surface area contributed by atoms with E-state index in [1.54, 1.807) is 12.1 Å². The van der Waals surface area contributed by atoms with Gasteiger partial charge in [-0.15, -0.1) is 0 Å². The monoisotopic (exact) mass is 229 g/mol. The van der Waals surface area contributed by atoms with Crippen LogP contribution in [-0.2, 0) is 0 Å². The van der Waals surface area contributed by atoms with Gasteiger partial charge in [0, 0.05) is 10.4 Å². The van der Waals surface area contributed by atoms with Gasteiger partial charge in [0.25, 0.3) is 6.43 Å². The van der Waals surface area contributed by atoms with Crippen LogP contribution < -0.4 is 5.73 Å². The lowest BCUT2D eigenvalue weighted by Gasteiger charge is -2.04. The van der Waals surface area contributed by atoms with Crippen molar-refractivity contribution >= 4 is 28.3 Å². The predicted molar refractivity (Wildman–Crippen MR) is 53.9 cm³/mol. The Morgan fingerprint density at radius 2 is 2.00 bits per heavy atom. The van der Waals surface area contributed by atoms with Crippen LogP contribution in [0.5, 0.6) is 0 Å². The standard InChI is InChI=1S/C9H6ClF2N3/c10-4-1-2-5-6(3-4)14-9(7(11)12)15-8(5)13/h1-3,7H,(H2,13,14,15). The largest absolute Gasteiger partial charge is 0.383 e. The van der Waals surface area contributed by atoms with Crippen LogP contribution in [0.25, 0.3) is 10.9 Å². The zero-order chi connectivity index (χ0) is 11.0. The molecule has 0 bridgehead atoms. The van der Waals surface area contributed by atoms with E-state index in [0.29, 0.717) is 15.9 Å². The smallest absolute Gasteiger partial charge is 0.297 e. The molecular formula is C9H6ClF2N3. The minimum atomic E-state index is -2.74. The lowest BCUT2D eigenvalue weighted by atomic mass is 10.2. The number of halogens is 3. The van der Waals surface area contributed by atoms with E-state index < -0.39 is 12.2 Å². The van der Waals surface area contributed by atoms with E-state index >= 15 is 0 Å². The van der Waals surface area contributed by atoms with Crippen LogP contribution in [0.15, 0.2) is 18.2 Å². The molecule has 0 fully saturated rings. The van der Waals surface area contributed by atoms with Crippen molar-refractivity contribution in [1.29, 1.82) is 0 Å². The topological polar surface area (TPSA) is 51.8 Å². The fourth-order valence-corrected chi connectivity index (χ4v) is 1.41. The molecule has 0 amide bonds.